The van der Waals surface area contributed by atoms with Gasteiger partial charge in [0.2, 0.25) is 0 Å². The molecular formula is C34H40O4. The molecule has 0 aromatic heterocycles. The molecule has 0 aliphatic heterocycles. The molecule has 2 aromatic carbocycles. The van der Waals surface area contributed by atoms with Crippen molar-refractivity contribution in [1.82, 2.24) is 0 Å². The molecule has 0 atom stereocenters. The lowest BCUT2D eigenvalue weighted by molar-refractivity contribution is -0.128. The van der Waals surface area contributed by atoms with E-state index in [0.717, 1.165) is 12.0 Å². The molecule has 2 N–H and O–H groups in total. The third-order valence-corrected chi connectivity index (χ3v) is 5.61. The number of phenolic OH excluding ortho intramolecular Hbond substituents is 2. The van der Waals surface area contributed by atoms with Gasteiger partial charge < -0.3 is 14.9 Å². The number of rotatable bonds is 16. The van der Waals surface area contributed by atoms with Crippen LogP contribution in [0, 0.1) is 0 Å². The van der Waals surface area contributed by atoms with Gasteiger partial charge in [-0.3, -0.25) is 0 Å². The summed E-state index contributed by atoms with van der Waals surface area (Å²) in [5, 5.41) is 19.3. The number of esters is 1. The third kappa shape index (κ3) is 14.5. The smallest absolute Gasteiger partial charge is 0.336 e. The Morgan fingerprint density at radius 3 is 2.00 bits per heavy atom. The third-order valence-electron chi connectivity index (χ3n) is 5.61. The molecule has 0 saturated carbocycles. The average molecular weight is 513 g/mol. The molecule has 0 radical (unpaired) electrons. The number of carbonyl (C=O) groups excluding carboxylic acids is 1. The minimum atomic E-state index is -0.538. The Hall–Kier alpha value is -4.05. The van der Waals surface area contributed by atoms with Gasteiger partial charge in [0, 0.05) is 12.1 Å². The minimum Gasteiger partial charge on any atom is -0.508 e. The Balaban J connectivity index is 1.68. The molecule has 0 heterocycles. The summed E-state index contributed by atoms with van der Waals surface area (Å²) in [6.07, 6.45) is 32.7. The highest BCUT2D eigenvalue weighted by Crippen LogP contribution is 2.24. The lowest BCUT2D eigenvalue weighted by atomic mass is 10.1. The second-order valence-electron chi connectivity index (χ2n) is 8.96. The Morgan fingerprint density at radius 2 is 1.29 bits per heavy atom. The van der Waals surface area contributed by atoms with Gasteiger partial charge in [0.1, 0.15) is 17.2 Å². The first-order chi connectivity index (χ1) is 18.6. The first-order valence-corrected chi connectivity index (χ1v) is 13.4. The van der Waals surface area contributed by atoms with Crippen LogP contribution in [0.3, 0.4) is 0 Å². The molecule has 200 valence electrons. The van der Waals surface area contributed by atoms with Gasteiger partial charge in [-0.2, -0.15) is 0 Å². The number of hydrogen-bond donors (Lipinski definition) is 2. The molecule has 4 heteroatoms. The second kappa shape index (κ2) is 19.1. The second-order valence-corrected chi connectivity index (χ2v) is 8.96. The van der Waals surface area contributed by atoms with Gasteiger partial charge >= 0.3 is 5.97 Å². The quantitative estimate of drug-likeness (QED) is 0.0588. The van der Waals surface area contributed by atoms with Crippen LogP contribution in [0.5, 0.6) is 17.2 Å². The van der Waals surface area contributed by atoms with Crippen LogP contribution in [0.25, 0.3) is 12.2 Å². The number of hydrogen-bond acceptors (Lipinski definition) is 4. The summed E-state index contributed by atoms with van der Waals surface area (Å²) < 4.78 is 5.31. The van der Waals surface area contributed by atoms with Crippen molar-refractivity contribution < 1.29 is 19.7 Å². The maximum absolute atomic E-state index is 12.1. The zero-order chi connectivity index (χ0) is 27.3. The molecule has 2 rings (SSSR count). The summed E-state index contributed by atoms with van der Waals surface area (Å²) in [5.74, 6) is -0.0976. The minimum absolute atomic E-state index is 0.00428. The highest BCUT2D eigenvalue weighted by atomic mass is 16.5. The summed E-state index contributed by atoms with van der Waals surface area (Å²) in [5.41, 5.74) is 1.56. The van der Waals surface area contributed by atoms with Crippen LogP contribution >= 0.6 is 0 Å². The number of aromatic hydroxyl groups is 2. The van der Waals surface area contributed by atoms with Gasteiger partial charge in [-0.25, -0.2) is 4.79 Å². The zero-order valence-electron chi connectivity index (χ0n) is 22.3. The van der Waals surface area contributed by atoms with Crippen LogP contribution in [0.1, 0.15) is 69.4 Å². The van der Waals surface area contributed by atoms with Crippen LogP contribution in [-0.4, -0.2) is 16.2 Å². The summed E-state index contributed by atoms with van der Waals surface area (Å²) >= 11 is 0. The van der Waals surface area contributed by atoms with Gasteiger partial charge in [-0.05, 0) is 48.2 Å². The summed E-state index contributed by atoms with van der Waals surface area (Å²) in [6.45, 7) is 2.25. The fraction of sp³-hybridized carbons (Fsp3) is 0.265. The normalized spacial score (nSPS) is 12.3. The van der Waals surface area contributed by atoms with Crippen molar-refractivity contribution in [1.29, 1.82) is 0 Å². The summed E-state index contributed by atoms with van der Waals surface area (Å²) in [6, 6.07) is 11.4. The van der Waals surface area contributed by atoms with Crippen molar-refractivity contribution in [3.05, 3.63) is 114 Å². The van der Waals surface area contributed by atoms with Crippen molar-refractivity contribution >= 4 is 18.1 Å². The first kappa shape index (κ1) is 30.2. The fourth-order valence-electron chi connectivity index (χ4n) is 3.60. The zero-order valence-corrected chi connectivity index (χ0v) is 22.3. The number of phenols is 2. The van der Waals surface area contributed by atoms with Crippen molar-refractivity contribution in [2.45, 2.75) is 58.3 Å². The van der Waals surface area contributed by atoms with E-state index in [1.165, 1.54) is 57.1 Å². The van der Waals surface area contributed by atoms with E-state index in [0.29, 0.717) is 5.56 Å². The maximum Gasteiger partial charge on any atom is 0.336 e. The van der Waals surface area contributed by atoms with E-state index >= 15 is 0 Å². The molecule has 0 unspecified atom stereocenters. The molecule has 0 spiro atoms. The van der Waals surface area contributed by atoms with E-state index < -0.39 is 5.97 Å². The van der Waals surface area contributed by atoms with Crippen LogP contribution in [-0.2, 0) is 4.79 Å². The summed E-state index contributed by atoms with van der Waals surface area (Å²) in [7, 11) is 0. The molecule has 0 fully saturated rings. The number of benzene rings is 2. The molecule has 0 aliphatic carbocycles. The number of allylic oxidation sites excluding steroid dienone is 9. The van der Waals surface area contributed by atoms with E-state index in [1.807, 2.05) is 36.5 Å². The molecule has 0 saturated heterocycles. The molecule has 2 aromatic rings. The lowest BCUT2D eigenvalue weighted by Gasteiger charge is -2.04. The number of ether oxygens (including phenoxy) is 1. The first-order valence-electron chi connectivity index (χ1n) is 13.4. The SMILES string of the molecule is CCCCCCCCC/C=C/C=C/C=C/C=C/C=C/C(=O)Oc1cc(O)cc(/C=C/c2ccc(O)cc2)c1. The van der Waals surface area contributed by atoms with E-state index in [2.05, 4.69) is 19.1 Å². The largest absolute Gasteiger partial charge is 0.508 e. The molecular weight excluding hydrogens is 472 g/mol. The Labute approximate surface area is 227 Å². The van der Waals surface area contributed by atoms with Crippen molar-refractivity contribution in [3.8, 4) is 17.2 Å². The summed E-state index contributed by atoms with van der Waals surface area (Å²) in [4.78, 5) is 12.1. The van der Waals surface area contributed by atoms with E-state index in [9.17, 15) is 15.0 Å². The average Bonchev–Trinajstić information content (AvgIpc) is 2.90. The van der Waals surface area contributed by atoms with E-state index in [-0.39, 0.29) is 17.2 Å². The van der Waals surface area contributed by atoms with Crippen LogP contribution in [0.2, 0.25) is 0 Å². The van der Waals surface area contributed by atoms with Gasteiger partial charge in [0.15, 0.2) is 0 Å². The fourth-order valence-corrected chi connectivity index (χ4v) is 3.60. The van der Waals surface area contributed by atoms with Crippen molar-refractivity contribution in [3.63, 3.8) is 0 Å². The molecule has 0 aliphatic rings. The Bertz CT molecular complexity index is 1130. The Morgan fingerprint density at radius 1 is 0.684 bits per heavy atom. The predicted molar refractivity (Wildman–Crippen MR) is 159 cm³/mol. The number of unbranched alkanes of at least 4 members (excludes halogenated alkanes) is 7. The van der Waals surface area contributed by atoms with E-state index in [1.54, 1.807) is 54.6 Å². The predicted octanol–water partition coefficient (Wildman–Crippen LogP) is 9.10. The molecule has 0 amide bonds. The van der Waals surface area contributed by atoms with Crippen molar-refractivity contribution in [2.75, 3.05) is 0 Å². The van der Waals surface area contributed by atoms with Crippen LogP contribution in [0.4, 0.5) is 0 Å². The molecule has 38 heavy (non-hydrogen) atoms. The standard InChI is InChI=1S/C34H40O4/c1-2-3-4-5-6-7-8-9-10-11-12-13-14-15-16-17-18-19-34(37)38-33-27-30(26-32(36)28-33)21-20-29-22-24-31(35)25-23-29/h10-28,35-36H,2-9H2,1H3/b11-10+,13-12+,15-14+,17-16+,19-18+,21-20+. The maximum atomic E-state index is 12.1. The molecule has 4 nitrogen and oxygen atoms in total. The van der Waals surface area contributed by atoms with Gasteiger partial charge in [0.05, 0.1) is 0 Å². The van der Waals surface area contributed by atoms with Crippen LogP contribution in [0.15, 0.2) is 103 Å². The van der Waals surface area contributed by atoms with Gasteiger partial charge in [0.25, 0.3) is 0 Å². The molecule has 0 bridgehead atoms. The van der Waals surface area contributed by atoms with Gasteiger partial charge in [-0.1, -0.05) is 124 Å². The Kier molecular flexibility index (Phi) is 15.2. The topological polar surface area (TPSA) is 66.8 Å². The number of carbonyl (C=O) groups is 1. The highest BCUT2D eigenvalue weighted by Gasteiger charge is 2.03. The highest BCUT2D eigenvalue weighted by molar-refractivity contribution is 5.84. The van der Waals surface area contributed by atoms with Crippen molar-refractivity contribution in [2.24, 2.45) is 0 Å². The van der Waals surface area contributed by atoms with Gasteiger partial charge in [-0.15, -0.1) is 0 Å². The monoisotopic (exact) mass is 512 g/mol. The van der Waals surface area contributed by atoms with Crippen LogP contribution < -0.4 is 4.74 Å². The van der Waals surface area contributed by atoms with E-state index in [4.69, 9.17) is 4.74 Å². The lowest BCUT2D eigenvalue weighted by Crippen LogP contribution is -2.03.